The van der Waals surface area contributed by atoms with Crippen molar-refractivity contribution in [2.45, 2.75) is 25.9 Å². The van der Waals surface area contributed by atoms with Crippen LogP contribution in [0.5, 0.6) is 0 Å². The van der Waals surface area contributed by atoms with Crippen LogP contribution in [0.3, 0.4) is 0 Å². The zero-order chi connectivity index (χ0) is 13.7. The first-order valence-corrected chi connectivity index (χ1v) is 6.00. The van der Waals surface area contributed by atoms with Gasteiger partial charge in [-0.15, -0.1) is 0 Å². The largest absolute Gasteiger partial charge is 0.394 e. The van der Waals surface area contributed by atoms with Gasteiger partial charge in [0.15, 0.2) is 0 Å². The molecule has 0 spiro atoms. The average molecular weight is 254 g/mol. The Labute approximate surface area is 108 Å². The van der Waals surface area contributed by atoms with Crippen LogP contribution in [0.4, 0.5) is 11.6 Å². The van der Waals surface area contributed by atoms with Crippen LogP contribution in [-0.4, -0.2) is 59.6 Å². The minimum Gasteiger partial charge on any atom is -0.394 e. The summed E-state index contributed by atoms with van der Waals surface area (Å²) in [6.07, 6.45) is 1.49. The Bertz CT molecular complexity index is 344. The molecule has 1 aromatic rings. The molecular weight excluding hydrogens is 232 g/mol. The molecule has 102 valence electrons. The van der Waals surface area contributed by atoms with E-state index in [2.05, 4.69) is 9.97 Å². The molecule has 0 radical (unpaired) electrons. The topological polar surface area (TPSA) is 72.7 Å². The molecular formula is C12H22N4O2. The molecule has 0 bridgehead atoms. The van der Waals surface area contributed by atoms with Crippen molar-refractivity contribution < 1.29 is 10.2 Å². The van der Waals surface area contributed by atoms with E-state index in [1.54, 1.807) is 0 Å². The fourth-order valence-electron chi connectivity index (χ4n) is 1.42. The Kier molecular flexibility index (Phi) is 5.30. The molecule has 18 heavy (non-hydrogen) atoms. The quantitative estimate of drug-likeness (QED) is 0.751. The van der Waals surface area contributed by atoms with Gasteiger partial charge in [-0.25, -0.2) is 9.97 Å². The van der Waals surface area contributed by atoms with Gasteiger partial charge in [0, 0.05) is 20.2 Å². The van der Waals surface area contributed by atoms with E-state index in [1.165, 1.54) is 6.33 Å². The number of hydrogen-bond acceptors (Lipinski definition) is 6. The van der Waals surface area contributed by atoms with Crippen LogP contribution in [-0.2, 0) is 0 Å². The second-order valence-corrected chi connectivity index (χ2v) is 4.52. The van der Waals surface area contributed by atoms with E-state index in [9.17, 15) is 0 Å². The van der Waals surface area contributed by atoms with Gasteiger partial charge in [-0.3, -0.25) is 0 Å². The number of aliphatic hydroxyl groups excluding tert-OH is 2. The van der Waals surface area contributed by atoms with Gasteiger partial charge < -0.3 is 20.0 Å². The van der Waals surface area contributed by atoms with Crippen molar-refractivity contribution in [3.63, 3.8) is 0 Å². The average Bonchev–Trinajstić information content (AvgIpc) is 2.43. The normalized spacial score (nSPS) is 14.1. The SMILES string of the molecule is C[C@H](CO)N(C)c1cc(N(C)[C@@H](C)CO)ncn1. The third kappa shape index (κ3) is 3.30. The van der Waals surface area contributed by atoms with E-state index < -0.39 is 0 Å². The summed E-state index contributed by atoms with van der Waals surface area (Å²) in [7, 11) is 3.75. The molecule has 0 aliphatic heterocycles. The molecule has 1 rings (SSSR count). The lowest BCUT2D eigenvalue weighted by Crippen LogP contribution is -2.34. The molecule has 0 aromatic carbocycles. The monoisotopic (exact) mass is 254 g/mol. The second kappa shape index (κ2) is 6.51. The van der Waals surface area contributed by atoms with Crippen LogP contribution in [0.25, 0.3) is 0 Å². The zero-order valence-corrected chi connectivity index (χ0v) is 11.4. The third-order valence-corrected chi connectivity index (χ3v) is 3.21. The van der Waals surface area contributed by atoms with E-state index in [0.717, 1.165) is 11.6 Å². The number of nitrogens with zero attached hydrogens (tertiary/aromatic N) is 4. The summed E-state index contributed by atoms with van der Waals surface area (Å²) < 4.78 is 0. The maximum atomic E-state index is 9.14. The van der Waals surface area contributed by atoms with Crippen LogP contribution in [0.2, 0.25) is 0 Å². The molecule has 0 aliphatic carbocycles. The molecule has 0 fully saturated rings. The van der Waals surface area contributed by atoms with E-state index >= 15 is 0 Å². The molecule has 0 unspecified atom stereocenters. The first-order chi connectivity index (χ1) is 8.51. The summed E-state index contributed by atoms with van der Waals surface area (Å²) >= 11 is 0. The molecule has 6 heteroatoms. The van der Waals surface area contributed by atoms with Gasteiger partial charge in [0.25, 0.3) is 0 Å². The standard InChI is InChI=1S/C12H22N4O2/c1-9(6-17)15(3)11-5-12(14-8-13-11)16(4)10(2)7-18/h5,8-10,17-18H,6-7H2,1-4H3/t9-,10+. The smallest absolute Gasteiger partial charge is 0.134 e. The van der Waals surface area contributed by atoms with Crippen molar-refractivity contribution in [2.75, 3.05) is 37.1 Å². The Hall–Kier alpha value is -1.40. The number of anilines is 2. The summed E-state index contributed by atoms with van der Waals surface area (Å²) in [6.45, 7) is 3.97. The molecule has 0 saturated carbocycles. The summed E-state index contributed by atoms with van der Waals surface area (Å²) in [5.41, 5.74) is 0. The highest BCUT2D eigenvalue weighted by atomic mass is 16.3. The number of aliphatic hydroxyl groups is 2. The summed E-state index contributed by atoms with van der Waals surface area (Å²) in [4.78, 5) is 12.2. The second-order valence-electron chi connectivity index (χ2n) is 4.52. The van der Waals surface area contributed by atoms with Crippen LogP contribution in [0.15, 0.2) is 12.4 Å². The maximum Gasteiger partial charge on any atom is 0.134 e. The lowest BCUT2D eigenvalue weighted by atomic mass is 10.3. The van der Waals surface area contributed by atoms with Gasteiger partial charge in [-0.1, -0.05) is 0 Å². The molecule has 0 aliphatic rings. The van der Waals surface area contributed by atoms with Crippen LogP contribution in [0.1, 0.15) is 13.8 Å². The Morgan fingerprint density at radius 2 is 1.39 bits per heavy atom. The number of aromatic nitrogens is 2. The molecule has 2 N–H and O–H groups in total. The molecule has 6 nitrogen and oxygen atoms in total. The van der Waals surface area contributed by atoms with E-state index in [-0.39, 0.29) is 25.3 Å². The van der Waals surface area contributed by atoms with Crippen molar-refractivity contribution in [3.05, 3.63) is 12.4 Å². The lowest BCUT2D eigenvalue weighted by molar-refractivity contribution is 0.269. The molecule has 1 heterocycles. The fraction of sp³-hybridized carbons (Fsp3) is 0.667. The summed E-state index contributed by atoms with van der Waals surface area (Å²) in [5, 5.41) is 18.3. The Morgan fingerprint density at radius 1 is 1.00 bits per heavy atom. The number of likely N-dealkylation sites (N-methyl/N-ethyl adjacent to an activating group) is 2. The highest BCUT2D eigenvalue weighted by molar-refractivity contribution is 5.50. The number of hydrogen-bond donors (Lipinski definition) is 2. The summed E-state index contributed by atoms with van der Waals surface area (Å²) in [6, 6.07) is 1.83. The van der Waals surface area contributed by atoms with Crippen LogP contribution >= 0.6 is 0 Å². The maximum absolute atomic E-state index is 9.14. The third-order valence-electron chi connectivity index (χ3n) is 3.21. The van der Waals surface area contributed by atoms with E-state index in [0.29, 0.717) is 0 Å². The molecule has 0 saturated heterocycles. The van der Waals surface area contributed by atoms with Gasteiger partial charge in [0.05, 0.1) is 25.3 Å². The van der Waals surface area contributed by atoms with Gasteiger partial charge in [0.1, 0.15) is 18.0 Å². The zero-order valence-electron chi connectivity index (χ0n) is 11.4. The Morgan fingerprint density at radius 3 is 1.72 bits per heavy atom. The highest BCUT2D eigenvalue weighted by Gasteiger charge is 2.14. The van der Waals surface area contributed by atoms with E-state index in [4.69, 9.17) is 10.2 Å². The van der Waals surface area contributed by atoms with Crippen LogP contribution < -0.4 is 9.80 Å². The minimum absolute atomic E-state index is 0.00618. The summed E-state index contributed by atoms with van der Waals surface area (Å²) in [5.74, 6) is 1.50. The predicted molar refractivity (Wildman–Crippen MR) is 71.9 cm³/mol. The van der Waals surface area contributed by atoms with E-state index in [1.807, 2.05) is 43.8 Å². The van der Waals surface area contributed by atoms with Crippen molar-refractivity contribution in [1.82, 2.24) is 9.97 Å². The highest BCUT2D eigenvalue weighted by Crippen LogP contribution is 2.18. The van der Waals surface area contributed by atoms with Crippen molar-refractivity contribution in [3.8, 4) is 0 Å². The van der Waals surface area contributed by atoms with Gasteiger partial charge in [-0.05, 0) is 13.8 Å². The van der Waals surface area contributed by atoms with Gasteiger partial charge in [0.2, 0.25) is 0 Å². The van der Waals surface area contributed by atoms with Crippen molar-refractivity contribution in [1.29, 1.82) is 0 Å². The van der Waals surface area contributed by atoms with Gasteiger partial charge >= 0.3 is 0 Å². The molecule has 2 atom stereocenters. The molecule has 1 aromatic heterocycles. The molecule has 0 amide bonds. The number of rotatable bonds is 6. The van der Waals surface area contributed by atoms with Crippen LogP contribution in [0, 0.1) is 0 Å². The first-order valence-electron chi connectivity index (χ1n) is 6.00. The fourth-order valence-corrected chi connectivity index (χ4v) is 1.42. The van der Waals surface area contributed by atoms with Crippen molar-refractivity contribution in [2.24, 2.45) is 0 Å². The predicted octanol–water partition coefficient (Wildman–Crippen LogP) is 0.111. The first kappa shape index (κ1) is 14.7. The van der Waals surface area contributed by atoms with Gasteiger partial charge in [-0.2, -0.15) is 0 Å². The van der Waals surface area contributed by atoms with Crippen molar-refractivity contribution >= 4 is 11.6 Å². The Balaban J connectivity index is 2.91. The lowest BCUT2D eigenvalue weighted by Gasteiger charge is -2.27. The minimum atomic E-state index is -0.00618.